The molecule has 5 fully saturated rings. The Morgan fingerprint density at radius 3 is 1.58 bits per heavy atom. The topological polar surface area (TPSA) is 18.5 Å². The molecule has 0 atom stereocenters. The molecule has 106 valence electrons. The highest BCUT2D eigenvalue weighted by molar-refractivity contribution is 6.47. The van der Waals surface area contributed by atoms with Crippen molar-refractivity contribution >= 4 is 7.12 Å². The summed E-state index contributed by atoms with van der Waals surface area (Å²) in [6, 6.07) is 0. The van der Waals surface area contributed by atoms with Crippen LogP contribution in [0, 0.1) is 23.7 Å². The normalized spacial score (nSPS) is 49.9. The Labute approximate surface area is 117 Å². The smallest absolute Gasteiger partial charge is 0.403 e. The van der Waals surface area contributed by atoms with E-state index in [1.165, 1.54) is 32.1 Å². The van der Waals surface area contributed by atoms with Crippen molar-refractivity contribution in [2.24, 2.45) is 23.7 Å². The van der Waals surface area contributed by atoms with Gasteiger partial charge in [0.1, 0.15) is 0 Å². The summed E-state index contributed by atoms with van der Waals surface area (Å²) in [4.78, 5) is 0. The lowest BCUT2D eigenvalue weighted by atomic mass is 9.43. The van der Waals surface area contributed by atoms with Gasteiger partial charge in [-0.2, -0.15) is 0 Å². The molecule has 4 aliphatic carbocycles. The maximum Gasteiger partial charge on any atom is 0.461 e. The molecule has 1 aliphatic heterocycles. The van der Waals surface area contributed by atoms with Crippen molar-refractivity contribution in [2.45, 2.75) is 76.8 Å². The zero-order chi connectivity index (χ0) is 13.4. The maximum atomic E-state index is 6.37. The first-order valence-electron chi connectivity index (χ1n) is 8.21. The Balaban J connectivity index is 1.58. The zero-order valence-electron chi connectivity index (χ0n) is 12.8. The van der Waals surface area contributed by atoms with Gasteiger partial charge in [-0.3, -0.25) is 0 Å². The Morgan fingerprint density at radius 1 is 0.737 bits per heavy atom. The molecular formula is C16H27BO2. The van der Waals surface area contributed by atoms with E-state index in [0.29, 0.717) is 5.82 Å². The van der Waals surface area contributed by atoms with Gasteiger partial charge in [0, 0.05) is 0 Å². The number of hydrogen-bond acceptors (Lipinski definition) is 2. The molecule has 3 heteroatoms. The van der Waals surface area contributed by atoms with Gasteiger partial charge in [0.05, 0.1) is 11.2 Å². The summed E-state index contributed by atoms with van der Waals surface area (Å²) in [5.41, 5.74) is -0.321. The van der Waals surface area contributed by atoms with Crippen LogP contribution in [0.1, 0.15) is 59.8 Å². The summed E-state index contributed by atoms with van der Waals surface area (Å²) in [5.74, 6) is 4.49. The van der Waals surface area contributed by atoms with Crippen molar-refractivity contribution in [3.63, 3.8) is 0 Å². The van der Waals surface area contributed by atoms with Crippen LogP contribution in [0.5, 0.6) is 0 Å². The van der Waals surface area contributed by atoms with Crippen molar-refractivity contribution in [1.29, 1.82) is 0 Å². The molecule has 0 amide bonds. The van der Waals surface area contributed by atoms with Crippen LogP contribution < -0.4 is 0 Å². The van der Waals surface area contributed by atoms with E-state index >= 15 is 0 Å². The summed E-state index contributed by atoms with van der Waals surface area (Å²) < 4.78 is 12.7. The molecule has 0 unspecified atom stereocenters. The fourth-order valence-corrected chi connectivity index (χ4v) is 5.46. The minimum atomic E-state index is -0.160. The average molecular weight is 262 g/mol. The highest BCUT2D eigenvalue weighted by atomic mass is 16.7. The SMILES string of the molecule is CC1(C)OB(C2[C@H]3C[C@@H]4C[C@@H](C[C@H]2C4)C3)OC1(C)C. The highest BCUT2D eigenvalue weighted by Gasteiger charge is 2.60. The van der Waals surface area contributed by atoms with Crippen LogP contribution in [0.3, 0.4) is 0 Å². The predicted octanol–water partition coefficient (Wildman–Crippen LogP) is 3.90. The Bertz CT molecular complexity index is 346. The van der Waals surface area contributed by atoms with E-state index in [2.05, 4.69) is 27.7 Å². The third-order valence-corrected chi connectivity index (χ3v) is 6.89. The fourth-order valence-electron chi connectivity index (χ4n) is 5.46. The van der Waals surface area contributed by atoms with Gasteiger partial charge in [-0.15, -0.1) is 0 Å². The zero-order valence-corrected chi connectivity index (χ0v) is 12.8. The van der Waals surface area contributed by atoms with Crippen LogP contribution >= 0.6 is 0 Å². The molecule has 4 bridgehead atoms. The standard InChI is InChI=1S/C16H27BO2/c1-15(2)16(3,4)19-17(18-15)14-12-6-10-5-11(8-12)9-13(14)7-10/h10-14H,5-9H2,1-4H3/t10-,11+,12-,13+,14?. The molecule has 0 radical (unpaired) electrons. The Morgan fingerprint density at radius 2 is 1.16 bits per heavy atom. The van der Waals surface area contributed by atoms with Crippen molar-refractivity contribution < 1.29 is 9.31 Å². The highest BCUT2D eigenvalue weighted by Crippen LogP contribution is 2.61. The van der Waals surface area contributed by atoms with Gasteiger partial charge < -0.3 is 9.31 Å². The van der Waals surface area contributed by atoms with E-state index in [4.69, 9.17) is 9.31 Å². The largest absolute Gasteiger partial charge is 0.461 e. The van der Waals surface area contributed by atoms with Gasteiger partial charge in [-0.1, -0.05) is 0 Å². The summed E-state index contributed by atoms with van der Waals surface area (Å²) in [7, 11) is 0.0556. The van der Waals surface area contributed by atoms with Crippen molar-refractivity contribution in [2.75, 3.05) is 0 Å². The van der Waals surface area contributed by atoms with Gasteiger partial charge in [-0.05, 0) is 89.3 Å². The maximum absolute atomic E-state index is 6.37. The van der Waals surface area contributed by atoms with E-state index in [0.717, 1.165) is 23.7 Å². The Hall–Kier alpha value is -0.0151. The van der Waals surface area contributed by atoms with E-state index in [1.807, 2.05) is 0 Å². The summed E-state index contributed by atoms with van der Waals surface area (Å²) in [6.07, 6.45) is 7.30. The minimum Gasteiger partial charge on any atom is -0.403 e. The lowest BCUT2D eigenvalue weighted by molar-refractivity contribution is 0.00578. The van der Waals surface area contributed by atoms with Crippen LogP contribution in [0.15, 0.2) is 0 Å². The molecule has 2 nitrogen and oxygen atoms in total. The first-order valence-corrected chi connectivity index (χ1v) is 8.21. The lowest BCUT2D eigenvalue weighted by Crippen LogP contribution is -2.48. The monoisotopic (exact) mass is 262 g/mol. The van der Waals surface area contributed by atoms with Crippen LogP contribution in [0.25, 0.3) is 0 Å². The minimum absolute atomic E-state index is 0.0556. The molecule has 0 N–H and O–H groups in total. The van der Waals surface area contributed by atoms with Gasteiger partial charge in [0.25, 0.3) is 0 Å². The molecule has 5 rings (SSSR count). The third kappa shape index (κ3) is 1.77. The summed E-state index contributed by atoms with van der Waals surface area (Å²) >= 11 is 0. The average Bonchev–Trinajstić information content (AvgIpc) is 2.45. The molecule has 1 saturated heterocycles. The molecule has 4 saturated carbocycles. The van der Waals surface area contributed by atoms with Crippen LogP contribution in [-0.2, 0) is 9.31 Å². The van der Waals surface area contributed by atoms with Gasteiger partial charge >= 0.3 is 7.12 Å². The predicted molar refractivity (Wildman–Crippen MR) is 76.9 cm³/mol. The second-order valence-electron chi connectivity index (χ2n) is 8.63. The van der Waals surface area contributed by atoms with Crippen LogP contribution in [0.4, 0.5) is 0 Å². The molecule has 0 aromatic carbocycles. The van der Waals surface area contributed by atoms with E-state index < -0.39 is 0 Å². The third-order valence-electron chi connectivity index (χ3n) is 6.89. The second-order valence-corrected chi connectivity index (χ2v) is 8.63. The molecule has 19 heavy (non-hydrogen) atoms. The van der Waals surface area contributed by atoms with E-state index in [1.54, 1.807) is 0 Å². The van der Waals surface area contributed by atoms with Crippen molar-refractivity contribution in [3.8, 4) is 0 Å². The van der Waals surface area contributed by atoms with Gasteiger partial charge in [0.15, 0.2) is 0 Å². The molecular weight excluding hydrogens is 235 g/mol. The molecule has 0 aromatic rings. The van der Waals surface area contributed by atoms with Gasteiger partial charge in [-0.25, -0.2) is 0 Å². The van der Waals surface area contributed by atoms with E-state index in [9.17, 15) is 0 Å². The second kappa shape index (κ2) is 3.79. The summed E-state index contributed by atoms with van der Waals surface area (Å²) in [6.45, 7) is 8.73. The fraction of sp³-hybridized carbons (Fsp3) is 1.00. The molecule has 5 aliphatic rings. The van der Waals surface area contributed by atoms with E-state index in [-0.39, 0.29) is 18.3 Å². The number of hydrogen-bond donors (Lipinski definition) is 0. The first-order chi connectivity index (χ1) is 8.86. The van der Waals surface area contributed by atoms with Crippen molar-refractivity contribution in [1.82, 2.24) is 0 Å². The number of rotatable bonds is 1. The quantitative estimate of drug-likeness (QED) is 0.667. The lowest BCUT2D eigenvalue weighted by Gasteiger charge is -2.54. The first kappa shape index (κ1) is 12.7. The summed E-state index contributed by atoms with van der Waals surface area (Å²) in [5, 5.41) is 0. The molecule has 1 heterocycles. The van der Waals surface area contributed by atoms with Crippen LogP contribution in [0.2, 0.25) is 5.82 Å². The Kier molecular flexibility index (Phi) is 2.54. The van der Waals surface area contributed by atoms with Crippen molar-refractivity contribution in [3.05, 3.63) is 0 Å². The molecule has 0 aromatic heterocycles. The molecule has 0 spiro atoms. The van der Waals surface area contributed by atoms with Crippen LogP contribution in [-0.4, -0.2) is 18.3 Å². The van der Waals surface area contributed by atoms with Gasteiger partial charge in [0.2, 0.25) is 0 Å².